The summed E-state index contributed by atoms with van der Waals surface area (Å²) in [5, 5.41) is 9.14. The fourth-order valence-corrected chi connectivity index (χ4v) is 2.16. The molecule has 0 aliphatic carbocycles. The van der Waals surface area contributed by atoms with Crippen molar-refractivity contribution in [3.05, 3.63) is 58.1 Å². The van der Waals surface area contributed by atoms with Crippen molar-refractivity contribution in [2.45, 2.75) is 6.61 Å². The fraction of sp³-hybridized carbons (Fsp3) is 0.133. The van der Waals surface area contributed by atoms with Gasteiger partial charge in [0.05, 0.1) is 7.11 Å². The number of rotatable bonds is 5. The van der Waals surface area contributed by atoms with E-state index in [4.69, 9.17) is 14.6 Å². The number of carboxylic acids is 1. The Morgan fingerprint density at radius 2 is 2.05 bits per heavy atom. The highest BCUT2D eigenvalue weighted by Gasteiger charge is 2.12. The van der Waals surface area contributed by atoms with Crippen LogP contribution in [0.5, 0.6) is 11.5 Å². The average molecular weight is 337 g/mol. The van der Waals surface area contributed by atoms with E-state index in [0.29, 0.717) is 5.75 Å². The van der Waals surface area contributed by atoms with Crippen molar-refractivity contribution in [2.24, 2.45) is 0 Å². The number of carboxylic acid groups (broad SMARTS) is 1. The minimum Gasteiger partial charge on any atom is -0.497 e. The van der Waals surface area contributed by atoms with Gasteiger partial charge in [-0.2, -0.15) is 0 Å². The smallest absolute Gasteiger partial charge is 0.339 e. The van der Waals surface area contributed by atoms with Crippen molar-refractivity contribution in [1.29, 1.82) is 0 Å². The van der Waals surface area contributed by atoms with E-state index in [1.165, 1.54) is 13.2 Å². The summed E-state index contributed by atoms with van der Waals surface area (Å²) in [5.41, 5.74) is 1.05. The molecule has 0 heterocycles. The van der Waals surface area contributed by atoms with Crippen molar-refractivity contribution in [1.82, 2.24) is 0 Å². The Hall–Kier alpha value is -2.01. The van der Waals surface area contributed by atoms with E-state index in [1.807, 2.05) is 24.3 Å². The normalized spacial score (nSPS) is 10.1. The molecule has 1 N–H and O–H groups in total. The van der Waals surface area contributed by atoms with Crippen molar-refractivity contribution in [2.75, 3.05) is 7.11 Å². The van der Waals surface area contributed by atoms with Crippen LogP contribution in [0.3, 0.4) is 0 Å². The van der Waals surface area contributed by atoms with E-state index in [9.17, 15) is 4.79 Å². The summed E-state index contributed by atoms with van der Waals surface area (Å²) >= 11 is 3.38. The third-order valence-electron chi connectivity index (χ3n) is 2.70. The second-order valence-electron chi connectivity index (χ2n) is 4.09. The van der Waals surface area contributed by atoms with E-state index in [1.54, 1.807) is 12.1 Å². The lowest BCUT2D eigenvalue weighted by atomic mass is 10.2. The Balaban J connectivity index is 2.21. The van der Waals surface area contributed by atoms with Gasteiger partial charge in [0, 0.05) is 10.5 Å². The Bertz CT molecular complexity index is 625. The zero-order valence-corrected chi connectivity index (χ0v) is 12.4. The quantitative estimate of drug-likeness (QED) is 0.903. The summed E-state index contributed by atoms with van der Waals surface area (Å²) in [6.07, 6.45) is 0. The first-order chi connectivity index (χ1) is 9.60. The Labute approximate surface area is 125 Å². The van der Waals surface area contributed by atoms with Crippen LogP contribution in [0.25, 0.3) is 0 Å². The van der Waals surface area contributed by atoms with Gasteiger partial charge in [-0.25, -0.2) is 4.79 Å². The largest absolute Gasteiger partial charge is 0.497 e. The fourth-order valence-electron chi connectivity index (χ4n) is 1.71. The van der Waals surface area contributed by atoms with Gasteiger partial charge in [-0.15, -0.1) is 0 Å². The Kier molecular flexibility index (Phi) is 4.63. The number of hydrogen-bond donors (Lipinski definition) is 1. The number of methoxy groups -OCH3 is 1. The van der Waals surface area contributed by atoms with Gasteiger partial charge in [-0.05, 0) is 29.8 Å². The second kappa shape index (κ2) is 6.43. The Morgan fingerprint density at radius 1 is 1.25 bits per heavy atom. The van der Waals surface area contributed by atoms with E-state index in [0.717, 1.165) is 10.0 Å². The van der Waals surface area contributed by atoms with Gasteiger partial charge in [0.25, 0.3) is 0 Å². The Morgan fingerprint density at radius 3 is 2.70 bits per heavy atom. The molecule has 0 aromatic heterocycles. The maximum Gasteiger partial charge on any atom is 0.339 e. The molecule has 2 aromatic rings. The van der Waals surface area contributed by atoms with Crippen molar-refractivity contribution in [3.63, 3.8) is 0 Å². The molecule has 0 aliphatic rings. The van der Waals surface area contributed by atoms with Crippen LogP contribution in [0.2, 0.25) is 0 Å². The third-order valence-corrected chi connectivity index (χ3v) is 3.20. The van der Waals surface area contributed by atoms with E-state index >= 15 is 0 Å². The monoisotopic (exact) mass is 336 g/mol. The van der Waals surface area contributed by atoms with Crippen LogP contribution in [0, 0.1) is 0 Å². The highest BCUT2D eigenvalue weighted by molar-refractivity contribution is 9.10. The summed E-state index contributed by atoms with van der Waals surface area (Å²) in [4.78, 5) is 11.2. The summed E-state index contributed by atoms with van der Waals surface area (Å²) in [6.45, 7) is 0.285. The van der Waals surface area contributed by atoms with Gasteiger partial charge in [0.1, 0.15) is 23.7 Å². The van der Waals surface area contributed by atoms with Crippen LogP contribution >= 0.6 is 15.9 Å². The number of aromatic carboxylic acids is 1. The molecule has 0 bridgehead atoms. The molecule has 0 aliphatic heterocycles. The van der Waals surface area contributed by atoms with Crippen LogP contribution in [-0.4, -0.2) is 18.2 Å². The summed E-state index contributed by atoms with van der Waals surface area (Å²) in [6, 6.07) is 12.3. The predicted molar refractivity (Wildman–Crippen MR) is 78.4 cm³/mol. The van der Waals surface area contributed by atoms with Gasteiger partial charge < -0.3 is 14.6 Å². The van der Waals surface area contributed by atoms with Gasteiger partial charge in [0.2, 0.25) is 0 Å². The van der Waals surface area contributed by atoms with Crippen molar-refractivity contribution < 1.29 is 19.4 Å². The van der Waals surface area contributed by atoms with Crippen LogP contribution in [-0.2, 0) is 6.61 Å². The standard InChI is InChI=1S/C15H13BrO4/c1-19-12-5-6-13(15(17)18)14(8-12)20-9-10-3-2-4-11(16)7-10/h2-8H,9H2,1H3,(H,17,18). The minimum absolute atomic E-state index is 0.112. The third kappa shape index (κ3) is 3.51. The molecule has 0 saturated carbocycles. The topological polar surface area (TPSA) is 55.8 Å². The van der Waals surface area contributed by atoms with E-state index in [2.05, 4.69) is 15.9 Å². The molecule has 0 fully saturated rings. The van der Waals surface area contributed by atoms with Gasteiger partial charge >= 0.3 is 5.97 Å². The van der Waals surface area contributed by atoms with Gasteiger partial charge in [0.15, 0.2) is 0 Å². The minimum atomic E-state index is -1.03. The zero-order valence-electron chi connectivity index (χ0n) is 10.8. The molecule has 0 amide bonds. The highest BCUT2D eigenvalue weighted by Crippen LogP contribution is 2.26. The molecule has 5 heteroatoms. The van der Waals surface area contributed by atoms with Crippen LogP contribution in [0.1, 0.15) is 15.9 Å². The molecule has 20 heavy (non-hydrogen) atoms. The van der Waals surface area contributed by atoms with Crippen molar-refractivity contribution in [3.8, 4) is 11.5 Å². The number of halogens is 1. The van der Waals surface area contributed by atoms with Gasteiger partial charge in [-0.1, -0.05) is 28.1 Å². The van der Waals surface area contributed by atoms with Gasteiger partial charge in [-0.3, -0.25) is 0 Å². The maximum atomic E-state index is 11.2. The molecule has 0 spiro atoms. The summed E-state index contributed by atoms with van der Waals surface area (Å²) in [5.74, 6) is -0.187. The SMILES string of the molecule is COc1ccc(C(=O)O)c(OCc2cccc(Br)c2)c1. The molecule has 0 saturated heterocycles. The van der Waals surface area contributed by atoms with E-state index < -0.39 is 5.97 Å². The first-order valence-corrected chi connectivity index (χ1v) is 6.68. The first kappa shape index (κ1) is 14.4. The van der Waals surface area contributed by atoms with Crippen LogP contribution in [0.15, 0.2) is 46.9 Å². The lowest BCUT2D eigenvalue weighted by molar-refractivity contribution is 0.0691. The average Bonchev–Trinajstić information content (AvgIpc) is 2.44. The molecule has 2 aromatic carbocycles. The number of ether oxygens (including phenoxy) is 2. The second-order valence-corrected chi connectivity index (χ2v) is 5.00. The molecule has 4 nitrogen and oxygen atoms in total. The molecular formula is C15H13BrO4. The predicted octanol–water partition coefficient (Wildman–Crippen LogP) is 3.73. The number of benzene rings is 2. The summed E-state index contributed by atoms with van der Waals surface area (Å²) in [7, 11) is 1.52. The van der Waals surface area contributed by atoms with Crippen molar-refractivity contribution >= 4 is 21.9 Å². The van der Waals surface area contributed by atoms with E-state index in [-0.39, 0.29) is 17.9 Å². The molecule has 0 radical (unpaired) electrons. The molecule has 0 unspecified atom stereocenters. The lowest BCUT2D eigenvalue weighted by Gasteiger charge is -2.11. The van der Waals surface area contributed by atoms with Crippen LogP contribution < -0.4 is 9.47 Å². The maximum absolute atomic E-state index is 11.2. The summed E-state index contributed by atoms with van der Waals surface area (Å²) < 4.78 is 11.6. The number of hydrogen-bond acceptors (Lipinski definition) is 3. The first-order valence-electron chi connectivity index (χ1n) is 5.88. The lowest BCUT2D eigenvalue weighted by Crippen LogP contribution is -2.03. The molecule has 2 rings (SSSR count). The zero-order chi connectivity index (χ0) is 14.5. The number of carbonyl (C=O) groups is 1. The molecule has 104 valence electrons. The highest BCUT2D eigenvalue weighted by atomic mass is 79.9. The molecular weight excluding hydrogens is 324 g/mol. The van der Waals surface area contributed by atoms with Crippen LogP contribution in [0.4, 0.5) is 0 Å². The molecule has 0 atom stereocenters.